The molecule has 0 spiro atoms. The fraction of sp³-hybridized carbons (Fsp3) is 0.625. The fourth-order valence-corrected chi connectivity index (χ4v) is 3.69. The van der Waals surface area contributed by atoms with E-state index in [1.165, 1.54) is 11.1 Å². The van der Waals surface area contributed by atoms with E-state index in [0.717, 1.165) is 25.4 Å². The second-order valence-electron chi connectivity index (χ2n) is 6.47. The maximum Gasteiger partial charge on any atom is 0.123 e. The molecule has 0 amide bonds. The lowest BCUT2D eigenvalue weighted by Crippen LogP contribution is -2.18. The summed E-state index contributed by atoms with van der Waals surface area (Å²) >= 11 is 3.87. The van der Waals surface area contributed by atoms with Crippen molar-refractivity contribution in [1.82, 2.24) is 0 Å². The lowest BCUT2D eigenvalue weighted by molar-refractivity contribution is 0.120. The molecule has 1 saturated heterocycles. The van der Waals surface area contributed by atoms with Gasteiger partial charge in [-0.15, -0.1) is 0 Å². The van der Waals surface area contributed by atoms with Gasteiger partial charge in [0.2, 0.25) is 0 Å². The second kappa shape index (κ2) is 4.78. The third-order valence-corrected chi connectivity index (χ3v) is 5.56. The molecule has 19 heavy (non-hydrogen) atoms. The Balaban J connectivity index is 1.86. The number of rotatable bonds is 2. The quantitative estimate of drug-likeness (QED) is 0.758. The predicted octanol–water partition coefficient (Wildman–Crippen LogP) is 4.22. The molecule has 0 saturated carbocycles. The molecule has 104 valence electrons. The molecule has 0 aliphatic carbocycles. The van der Waals surface area contributed by atoms with Crippen molar-refractivity contribution >= 4 is 15.9 Å². The van der Waals surface area contributed by atoms with Gasteiger partial charge >= 0.3 is 0 Å². The van der Waals surface area contributed by atoms with Crippen LogP contribution < -0.4 is 4.74 Å². The first-order valence-corrected chi connectivity index (χ1v) is 7.92. The molecule has 0 radical (unpaired) electrons. The van der Waals surface area contributed by atoms with Gasteiger partial charge in [0, 0.05) is 21.7 Å². The molecule has 3 heteroatoms. The van der Waals surface area contributed by atoms with Crippen LogP contribution in [0.2, 0.25) is 0 Å². The molecule has 3 rings (SSSR count). The van der Waals surface area contributed by atoms with Crippen molar-refractivity contribution in [3.8, 4) is 5.75 Å². The van der Waals surface area contributed by atoms with Gasteiger partial charge in [-0.3, -0.25) is 0 Å². The first-order chi connectivity index (χ1) is 8.97. The van der Waals surface area contributed by atoms with Crippen molar-refractivity contribution in [2.24, 2.45) is 5.92 Å². The van der Waals surface area contributed by atoms with Crippen LogP contribution in [0, 0.1) is 5.92 Å². The second-order valence-corrected chi connectivity index (χ2v) is 7.46. The number of hydrogen-bond acceptors (Lipinski definition) is 2. The molecule has 2 aliphatic heterocycles. The Labute approximate surface area is 123 Å². The summed E-state index contributed by atoms with van der Waals surface area (Å²) in [5.74, 6) is 1.61. The average molecular weight is 325 g/mol. The predicted molar refractivity (Wildman–Crippen MR) is 80.2 cm³/mol. The zero-order valence-electron chi connectivity index (χ0n) is 11.8. The van der Waals surface area contributed by atoms with Crippen LogP contribution in [-0.2, 0) is 10.2 Å². The van der Waals surface area contributed by atoms with Gasteiger partial charge in [-0.05, 0) is 25.0 Å². The van der Waals surface area contributed by atoms with Crippen LogP contribution in [0.1, 0.15) is 43.1 Å². The SMILES string of the molecule is CC1CC(C(Br)c2ccc3c(c2)C(C)(C)CO3)CO1. The first kappa shape index (κ1) is 13.4. The van der Waals surface area contributed by atoms with Crippen LogP contribution in [0.15, 0.2) is 18.2 Å². The van der Waals surface area contributed by atoms with Gasteiger partial charge in [0.25, 0.3) is 0 Å². The van der Waals surface area contributed by atoms with E-state index in [9.17, 15) is 0 Å². The Kier molecular flexibility index (Phi) is 3.38. The monoisotopic (exact) mass is 324 g/mol. The Morgan fingerprint density at radius 1 is 1.37 bits per heavy atom. The number of fused-ring (bicyclic) bond motifs is 1. The van der Waals surface area contributed by atoms with E-state index in [1.807, 2.05) is 0 Å². The lowest BCUT2D eigenvalue weighted by atomic mass is 9.85. The minimum absolute atomic E-state index is 0.123. The van der Waals surface area contributed by atoms with E-state index >= 15 is 0 Å². The minimum atomic E-state index is 0.123. The molecule has 1 aromatic rings. The third kappa shape index (κ3) is 2.43. The molecule has 2 aliphatic rings. The van der Waals surface area contributed by atoms with Gasteiger partial charge in [0.05, 0.1) is 19.3 Å². The van der Waals surface area contributed by atoms with E-state index in [4.69, 9.17) is 9.47 Å². The summed E-state index contributed by atoms with van der Waals surface area (Å²) in [7, 11) is 0. The van der Waals surface area contributed by atoms with Crippen molar-refractivity contribution in [3.63, 3.8) is 0 Å². The Bertz CT molecular complexity index is 484. The van der Waals surface area contributed by atoms with E-state index in [-0.39, 0.29) is 5.41 Å². The topological polar surface area (TPSA) is 18.5 Å². The molecule has 3 unspecified atom stereocenters. The normalized spacial score (nSPS) is 29.9. The molecular formula is C16H21BrO2. The summed E-state index contributed by atoms with van der Waals surface area (Å²) in [6.07, 6.45) is 1.52. The van der Waals surface area contributed by atoms with Crippen molar-refractivity contribution < 1.29 is 9.47 Å². The smallest absolute Gasteiger partial charge is 0.123 e. The third-order valence-electron chi connectivity index (χ3n) is 4.28. The van der Waals surface area contributed by atoms with E-state index in [2.05, 4.69) is 54.9 Å². The van der Waals surface area contributed by atoms with Crippen molar-refractivity contribution in [3.05, 3.63) is 29.3 Å². The van der Waals surface area contributed by atoms with Crippen molar-refractivity contribution in [2.45, 2.75) is 43.5 Å². The van der Waals surface area contributed by atoms with Crippen LogP contribution in [-0.4, -0.2) is 19.3 Å². The van der Waals surface area contributed by atoms with E-state index in [0.29, 0.717) is 16.8 Å². The minimum Gasteiger partial charge on any atom is -0.492 e. The van der Waals surface area contributed by atoms with Crippen LogP contribution in [0.5, 0.6) is 5.75 Å². The first-order valence-electron chi connectivity index (χ1n) is 7.00. The number of hydrogen-bond donors (Lipinski definition) is 0. The maximum absolute atomic E-state index is 5.75. The highest BCUT2D eigenvalue weighted by Gasteiger charge is 2.34. The van der Waals surface area contributed by atoms with Crippen LogP contribution in [0.3, 0.4) is 0 Å². The summed E-state index contributed by atoms with van der Waals surface area (Å²) in [5, 5.41) is 0. The largest absolute Gasteiger partial charge is 0.492 e. The number of ether oxygens (including phenoxy) is 2. The lowest BCUT2D eigenvalue weighted by Gasteiger charge is -2.20. The van der Waals surface area contributed by atoms with Gasteiger partial charge in [-0.1, -0.05) is 41.9 Å². The zero-order chi connectivity index (χ0) is 13.6. The summed E-state index contributed by atoms with van der Waals surface area (Å²) in [6.45, 7) is 8.27. The van der Waals surface area contributed by atoms with Crippen LogP contribution >= 0.6 is 15.9 Å². The molecule has 2 nitrogen and oxygen atoms in total. The van der Waals surface area contributed by atoms with Crippen molar-refractivity contribution in [1.29, 1.82) is 0 Å². The van der Waals surface area contributed by atoms with Crippen LogP contribution in [0.4, 0.5) is 0 Å². The Morgan fingerprint density at radius 2 is 2.16 bits per heavy atom. The highest BCUT2D eigenvalue weighted by Crippen LogP contribution is 2.43. The number of halogens is 1. The van der Waals surface area contributed by atoms with Gasteiger partial charge in [0.1, 0.15) is 5.75 Å². The molecule has 1 aromatic carbocycles. The average Bonchev–Trinajstić information content (AvgIpc) is 2.93. The molecule has 0 aromatic heterocycles. The fourth-order valence-electron chi connectivity index (χ4n) is 3.04. The maximum atomic E-state index is 5.75. The number of alkyl halides is 1. The Morgan fingerprint density at radius 3 is 2.84 bits per heavy atom. The Hall–Kier alpha value is -0.540. The van der Waals surface area contributed by atoms with Crippen molar-refractivity contribution in [2.75, 3.05) is 13.2 Å². The van der Waals surface area contributed by atoms with Crippen LogP contribution in [0.25, 0.3) is 0 Å². The van der Waals surface area contributed by atoms with Gasteiger partial charge in [-0.25, -0.2) is 0 Å². The number of benzene rings is 1. The molecule has 2 heterocycles. The zero-order valence-corrected chi connectivity index (χ0v) is 13.4. The van der Waals surface area contributed by atoms with E-state index in [1.54, 1.807) is 0 Å². The molecule has 3 atom stereocenters. The summed E-state index contributed by atoms with van der Waals surface area (Å²) < 4.78 is 11.4. The molecular weight excluding hydrogens is 304 g/mol. The van der Waals surface area contributed by atoms with Gasteiger partial charge < -0.3 is 9.47 Å². The van der Waals surface area contributed by atoms with Gasteiger partial charge in [0.15, 0.2) is 0 Å². The highest BCUT2D eigenvalue weighted by molar-refractivity contribution is 9.09. The highest BCUT2D eigenvalue weighted by atomic mass is 79.9. The standard InChI is InChI=1S/C16H21BrO2/c1-10-6-12(8-18-10)15(17)11-4-5-14-13(7-11)16(2,3)9-19-14/h4-5,7,10,12,15H,6,8-9H2,1-3H3. The molecule has 0 bridgehead atoms. The summed E-state index contributed by atoms with van der Waals surface area (Å²) in [6, 6.07) is 6.61. The summed E-state index contributed by atoms with van der Waals surface area (Å²) in [4.78, 5) is 0.374. The van der Waals surface area contributed by atoms with E-state index < -0.39 is 0 Å². The molecule has 0 N–H and O–H groups in total. The molecule has 1 fully saturated rings. The van der Waals surface area contributed by atoms with Gasteiger partial charge in [-0.2, -0.15) is 0 Å². The summed E-state index contributed by atoms with van der Waals surface area (Å²) in [5.41, 5.74) is 2.80.